The van der Waals surface area contributed by atoms with Crippen molar-refractivity contribution in [3.63, 3.8) is 0 Å². The highest BCUT2D eigenvalue weighted by Crippen LogP contribution is 2.22. The summed E-state index contributed by atoms with van der Waals surface area (Å²) >= 11 is 11.7. The molecule has 0 fully saturated rings. The maximum absolute atomic E-state index is 11.7. The largest absolute Gasteiger partial charge is 0.338 e. The number of hydrogen-bond acceptors (Lipinski definition) is 2. The van der Waals surface area contributed by atoms with Crippen molar-refractivity contribution in [2.75, 3.05) is 11.9 Å². The van der Waals surface area contributed by atoms with Gasteiger partial charge in [0.1, 0.15) is 0 Å². The van der Waals surface area contributed by atoms with E-state index in [0.717, 1.165) is 13.0 Å². The SMILES string of the molecule is O=C(NCCCn1ccnc1)Nc1cc(Cl)cc(Cl)c1. The van der Waals surface area contributed by atoms with Gasteiger partial charge in [-0.1, -0.05) is 23.2 Å². The first-order valence-electron chi connectivity index (χ1n) is 6.10. The van der Waals surface area contributed by atoms with Crippen molar-refractivity contribution in [1.29, 1.82) is 0 Å². The minimum Gasteiger partial charge on any atom is -0.338 e. The Kier molecular flexibility index (Phi) is 5.26. The standard InChI is InChI=1S/C13H14Cl2N4O/c14-10-6-11(15)8-12(7-10)18-13(20)17-2-1-4-19-5-3-16-9-19/h3,5-9H,1-2,4H2,(H2,17,18,20). The first-order valence-corrected chi connectivity index (χ1v) is 6.86. The lowest BCUT2D eigenvalue weighted by atomic mass is 10.3. The molecule has 2 aromatic rings. The normalized spacial score (nSPS) is 10.3. The van der Waals surface area contributed by atoms with Crippen LogP contribution in [-0.4, -0.2) is 22.1 Å². The van der Waals surface area contributed by atoms with E-state index in [0.29, 0.717) is 22.3 Å². The lowest BCUT2D eigenvalue weighted by Crippen LogP contribution is -2.30. The number of hydrogen-bond donors (Lipinski definition) is 2. The van der Waals surface area contributed by atoms with E-state index >= 15 is 0 Å². The molecule has 7 heteroatoms. The van der Waals surface area contributed by atoms with Gasteiger partial charge in [-0.2, -0.15) is 0 Å². The fourth-order valence-corrected chi connectivity index (χ4v) is 2.21. The summed E-state index contributed by atoms with van der Waals surface area (Å²) < 4.78 is 1.95. The number of amides is 2. The first kappa shape index (κ1) is 14.7. The van der Waals surface area contributed by atoms with Gasteiger partial charge in [-0.05, 0) is 24.6 Å². The van der Waals surface area contributed by atoms with Gasteiger partial charge in [-0.3, -0.25) is 0 Å². The molecule has 106 valence electrons. The van der Waals surface area contributed by atoms with Crippen LogP contribution < -0.4 is 10.6 Å². The molecule has 2 amide bonds. The van der Waals surface area contributed by atoms with Crippen LogP contribution in [0.25, 0.3) is 0 Å². The summed E-state index contributed by atoms with van der Waals surface area (Å²) in [4.78, 5) is 15.6. The molecule has 2 rings (SSSR count). The van der Waals surface area contributed by atoms with Crippen LogP contribution in [0.1, 0.15) is 6.42 Å². The minimum atomic E-state index is -0.283. The molecule has 0 radical (unpaired) electrons. The Bertz CT molecular complexity index is 552. The fourth-order valence-electron chi connectivity index (χ4n) is 1.68. The molecule has 0 unspecified atom stereocenters. The lowest BCUT2D eigenvalue weighted by molar-refractivity contribution is 0.252. The number of carbonyl (C=O) groups is 1. The summed E-state index contributed by atoms with van der Waals surface area (Å²) in [5, 5.41) is 6.40. The Hall–Kier alpha value is -1.72. The highest BCUT2D eigenvalue weighted by atomic mass is 35.5. The molecule has 5 nitrogen and oxygen atoms in total. The smallest absolute Gasteiger partial charge is 0.319 e. The number of nitrogens with one attached hydrogen (secondary N) is 2. The van der Waals surface area contributed by atoms with Crippen LogP contribution in [0.5, 0.6) is 0 Å². The van der Waals surface area contributed by atoms with Gasteiger partial charge in [0.2, 0.25) is 0 Å². The number of anilines is 1. The Balaban J connectivity index is 1.72. The summed E-state index contributed by atoms with van der Waals surface area (Å²) in [5.41, 5.74) is 0.564. The highest BCUT2D eigenvalue weighted by molar-refractivity contribution is 6.35. The van der Waals surface area contributed by atoms with E-state index in [2.05, 4.69) is 15.6 Å². The number of aromatic nitrogens is 2. The van der Waals surface area contributed by atoms with Gasteiger partial charge in [-0.15, -0.1) is 0 Å². The Morgan fingerprint density at radius 1 is 1.25 bits per heavy atom. The summed E-state index contributed by atoms with van der Waals surface area (Å²) in [6.45, 7) is 1.38. The number of carbonyl (C=O) groups excluding carboxylic acids is 1. The van der Waals surface area contributed by atoms with Gasteiger partial charge in [0.25, 0.3) is 0 Å². The molecule has 1 heterocycles. The van der Waals surface area contributed by atoms with Gasteiger partial charge >= 0.3 is 6.03 Å². The van der Waals surface area contributed by atoms with Crippen molar-refractivity contribution in [3.05, 3.63) is 47.0 Å². The molecule has 0 aliphatic rings. The predicted octanol–water partition coefficient (Wildman–Crippen LogP) is 3.40. The molecule has 0 spiro atoms. The molecular weight excluding hydrogens is 299 g/mol. The van der Waals surface area contributed by atoms with E-state index < -0.39 is 0 Å². The molecule has 0 aliphatic carbocycles. The topological polar surface area (TPSA) is 59.0 Å². The third kappa shape index (κ3) is 4.75. The number of imidazole rings is 1. The zero-order chi connectivity index (χ0) is 14.4. The maximum Gasteiger partial charge on any atom is 0.319 e. The Morgan fingerprint density at radius 3 is 2.65 bits per heavy atom. The fraction of sp³-hybridized carbons (Fsp3) is 0.231. The monoisotopic (exact) mass is 312 g/mol. The number of benzene rings is 1. The van der Waals surface area contributed by atoms with Crippen molar-refractivity contribution >= 4 is 34.9 Å². The minimum absolute atomic E-state index is 0.283. The van der Waals surface area contributed by atoms with Crippen LogP contribution in [-0.2, 0) is 6.54 Å². The third-order valence-corrected chi connectivity index (χ3v) is 2.99. The van der Waals surface area contributed by atoms with Crippen LogP contribution in [0.4, 0.5) is 10.5 Å². The van der Waals surface area contributed by atoms with Crippen LogP contribution in [0, 0.1) is 0 Å². The molecule has 20 heavy (non-hydrogen) atoms. The summed E-state index contributed by atoms with van der Waals surface area (Å²) in [5.74, 6) is 0. The van der Waals surface area contributed by atoms with Gasteiger partial charge in [0.05, 0.1) is 6.33 Å². The number of rotatable bonds is 5. The van der Waals surface area contributed by atoms with Gasteiger partial charge < -0.3 is 15.2 Å². The first-order chi connectivity index (χ1) is 9.63. The zero-order valence-corrected chi connectivity index (χ0v) is 12.2. The van der Waals surface area contributed by atoms with Gasteiger partial charge in [-0.25, -0.2) is 9.78 Å². The Labute approximate surface area is 126 Å². The molecule has 0 aliphatic heterocycles. The second kappa shape index (κ2) is 7.17. The number of nitrogens with zero attached hydrogens (tertiary/aromatic N) is 2. The van der Waals surface area contributed by atoms with Crippen molar-refractivity contribution in [1.82, 2.24) is 14.9 Å². The number of halogens is 2. The van der Waals surface area contributed by atoms with E-state index in [1.165, 1.54) is 0 Å². The zero-order valence-electron chi connectivity index (χ0n) is 10.6. The number of aryl methyl sites for hydroxylation is 1. The molecule has 1 aromatic heterocycles. The average molecular weight is 313 g/mol. The van der Waals surface area contributed by atoms with Gasteiger partial charge in [0.15, 0.2) is 0 Å². The summed E-state index contributed by atoms with van der Waals surface area (Å²) in [7, 11) is 0. The third-order valence-electron chi connectivity index (χ3n) is 2.56. The van der Waals surface area contributed by atoms with E-state index in [4.69, 9.17) is 23.2 Å². The van der Waals surface area contributed by atoms with Crippen molar-refractivity contribution in [2.45, 2.75) is 13.0 Å². The van der Waals surface area contributed by atoms with E-state index in [-0.39, 0.29) is 6.03 Å². The highest BCUT2D eigenvalue weighted by Gasteiger charge is 2.03. The van der Waals surface area contributed by atoms with Crippen molar-refractivity contribution < 1.29 is 4.79 Å². The van der Waals surface area contributed by atoms with Crippen LogP contribution in [0.2, 0.25) is 10.0 Å². The summed E-state index contributed by atoms with van der Waals surface area (Å²) in [6, 6.07) is 4.60. The predicted molar refractivity (Wildman–Crippen MR) is 80.3 cm³/mol. The lowest BCUT2D eigenvalue weighted by Gasteiger charge is -2.08. The molecule has 0 bridgehead atoms. The van der Waals surface area contributed by atoms with E-state index in [1.54, 1.807) is 30.7 Å². The molecule has 0 atom stereocenters. The van der Waals surface area contributed by atoms with E-state index in [9.17, 15) is 4.79 Å². The molecule has 0 saturated carbocycles. The van der Waals surface area contributed by atoms with Crippen LogP contribution in [0.15, 0.2) is 36.9 Å². The second-order valence-electron chi connectivity index (χ2n) is 4.19. The van der Waals surface area contributed by atoms with Crippen LogP contribution in [0.3, 0.4) is 0 Å². The molecule has 2 N–H and O–H groups in total. The number of urea groups is 1. The maximum atomic E-state index is 11.7. The quantitative estimate of drug-likeness (QED) is 0.831. The summed E-state index contributed by atoms with van der Waals surface area (Å²) in [6.07, 6.45) is 6.17. The molecular formula is C13H14Cl2N4O. The van der Waals surface area contributed by atoms with Crippen LogP contribution >= 0.6 is 23.2 Å². The Morgan fingerprint density at radius 2 is 2.00 bits per heavy atom. The second-order valence-corrected chi connectivity index (χ2v) is 5.07. The van der Waals surface area contributed by atoms with E-state index in [1.807, 2.05) is 10.8 Å². The van der Waals surface area contributed by atoms with Crippen molar-refractivity contribution in [2.24, 2.45) is 0 Å². The average Bonchev–Trinajstić information content (AvgIpc) is 2.86. The van der Waals surface area contributed by atoms with Gasteiger partial charge in [0, 0.05) is 41.2 Å². The molecule has 1 aromatic carbocycles. The van der Waals surface area contributed by atoms with Crippen molar-refractivity contribution in [3.8, 4) is 0 Å². The molecule has 0 saturated heterocycles.